The standard InChI is InChI=1S/C17H17F2NOS/c1-11-5-12(2)7-13(6-11)9-22-10-17(21)20-16-8-14(18)3-4-15(16)19/h3-8H,9-10H2,1-2H3,(H,20,21). The van der Waals surface area contributed by atoms with Crippen LogP contribution in [0.15, 0.2) is 36.4 Å². The number of amides is 1. The molecule has 0 spiro atoms. The Kier molecular flexibility index (Phi) is 5.55. The van der Waals surface area contributed by atoms with Crippen LogP contribution < -0.4 is 5.32 Å². The molecule has 2 nitrogen and oxygen atoms in total. The number of carbonyl (C=O) groups is 1. The molecule has 0 fully saturated rings. The third kappa shape index (κ3) is 4.84. The maximum Gasteiger partial charge on any atom is 0.234 e. The zero-order valence-corrected chi connectivity index (χ0v) is 13.3. The second-order valence-electron chi connectivity index (χ2n) is 5.16. The fourth-order valence-corrected chi connectivity index (χ4v) is 2.96. The molecule has 0 heterocycles. The molecule has 1 N–H and O–H groups in total. The van der Waals surface area contributed by atoms with E-state index in [2.05, 4.69) is 23.5 Å². The molecule has 1 amide bonds. The lowest BCUT2D eigenvalue weighted by molar-refractivity contribution is -0.113. The Morgan fingerprint density at radius 3 is 2.45 bits per heavy atom. The second-order valence-corrected chi connectivity index (χ2v) is 6.15. The van der Waals surface area contributed by atoms with E-state index in [1.165, 1.54) is 22.9 Å². The molecule has 0 aliphatic heterocycles. The molecule has 0 aliphatic rings. The highest BCUT2D eigenvalue weighted by Crippen LogP contribution is 2.18. The Bertz CT molecular complexity index is 668. The van der Waals surface area contributed by atoms with Gasteiger partial charge in [0, 0.05) is 11.8 Å². The molecule has 0 aliphatic carbocycles. The van der Waals surface area contributed by atoms with Gasteiger partial charge in [-0.3, -0.25) is 4.79 Å². The monoisotopic (exact) mass is 321 g/mol. The summed E-state index contributed by atoms with van der Waals surface area (Å²) in [7, 11) is 0. The summed E-state index contributed by atoms with van der Waals surface area (Å²) in [6, 6.07) is 9.22. The summed E-state index contributed by atoms with van der Waals surface area (Å²) in [6.45, 7) is 4.06. The fourth-order valence-electron chi connectivity index (χ4n) is 2.19. The molecule has 22 heavy (non-hydrogen) atoms. The molecule has 5 heteroatoms. The second kappa shape index (κ2) is 7.40. The molecule has 0 unspecified atom stereocenters. The summed E-state index contributed by atoms with van der Waals surface area (Å²) in [6.07, 6.45) is 0. The van der Waals surface area contributed by atoms with Crippen molar-refractivity contribution in [3.05, 3.63) is 64.7 Å². The topological polar surface area (TPSA) is 29.1 Å². The Morgan fingerprint density at radius 2 is 1.77 bits per heavy atom. The lowest BCUT2D eigenvalue weighted by Crippen LogP contribution is -2.15. The predicted octanol–water partition coefficient (Wildman–Crippen LogP) is 4.45. The smallest absolute Gasteiger partial charge is 0.234 e. The van der Waals surface area contributed by atoms with Crippen molar-refractivity contribution in [1.29, 1.82) is 0 Å². The van der Waals surface area contributed by atoms with Crippen LogP contribution in [0.3, 0.4) is 0 Å². The van der Waals surface area contributed by atoms with Gasteiger partial charge in [-0.15, -0.1) is 11.8 Å². The van der Waals surface area contributed by atoms with Gasteiger partial charge in [-0.1, -0.05) is 29.3 Å². The molecule has 116 valence electrons. The van der Waals surface area contributed by atoms with Crippen LogP contribution in [-0.2, 0) is 10.5 Å². The van der Waals surface area contributed by atoms with Gasteiger partial charge in [-0.05, 0) is 31.5 Å². The molecule has 0 bridgehead atoms. The van der Waals surface area contributed by atoms with E-state index in [4.69, 9.17) is 0 Å². The molecule has 0 atom stereocenters. The molecule has 0 aromatic heterocycles. The van der Waals surface area contributed by atoms with Crippen LogP contribution in [-0.4, -0.2) is 11.7 Å². The molecular formula is C17H17F2NOS. The molecule has 0 saturated carbocycles. The van der Waals surface area contributed by atoms with Gasteiger partial charge in [0.1, 0.15) is 11.6 Å². The summed E-state index contributed by atoms with van der Waals surface area (Å²) in [5.41, 5.74) is 3.38. The van der Waals surface area contributed by atoms with E-state index in [9.17, 15) is 13.6 Å². The minimum atomic E-state index is -0.644. The van der Waals surface area contributed by atoms with Crippen LogP contribution in [0.25, 0.3) is 0 Å². The summed E-state index contributed by atoms with van der Waals surface area (Å²) in [5, 5.41) is 2.39. The quantitative estimate of drug-likeness (QED) is 0.881. The number of carbonyl (C=O) groups excluding carboxylic acids is 1. The van der Waals surface area contributed by atoms with Crippen molar-refractivity contribution >= 4 is 23.4 Å². The number of hydrogen-bond donors (Lipinski definition) is 1. The van der Waals surface area contributed by atoms with Crippen LogP contribution in [0.4, 0.5) is 14.5 Å². The van der Waals surface area contributed by atoms with Crippen LogP contribution >= 0.6 is 11.8 Å². The Labute approximate surface area is 132 Å². The third-order valence-corrected chi connectivity index (χ3v) is 3.99. The number of anilines is 1. The van der Waals surface area contributed by atoms with Gasteiger partial charge in [-0.2, -0.15) is 0 Å². The first kappa shape index (κ1) is 16.5. The number of benzene rings is 2. The van der Waals surface area contributed by atoms with Crippen LogP contribution in [0.5, 0.6) is 0 Å². The van der Waals surface area contributed by atoms with E-state index < -0.39 is 11.6 Å². The van der Waals surface area contributed by atoms with Crippen molar-refractivity contribution in [2.75, 3.05) is 11.1 Å². The maximum atomic E-state index is 13.4. The number of hydrogen-bond acceptors (Lipinski definition) is 2. The van der Waals surface area contributed by atoms with Gasteiger partial charge in [0.25, 0.3) is 0 Å². The molecule has 2 rings (SSSR count). The van der Waals surface area contributed by atoms with Crippen molar-refractivity contribution < 1.29 is 13.6 Å². The van der Waals surface area contributed by atoms with Gasteiger partial charge in [-0.25, -0.2) is 8.78 Å². The minimum Gasteiger partial charge on any atom is -0.323 e. The van der Waals surface area contributed by atoms with Crippen molar-refractivity contribution in [1.82, 2.24) is 0 Å². The van der Waals surface area contributed by atoms with E-state index in [1.54, 1.807) is 0 Å². The van der Waals surface area contributed by atoms with Crippen LogP contribution in [0, 0.1) is 25.5 Å². The largest absolute Gasteiger partial charge is 0.323 e. The first-order valence-corrected chi connectivity index (χ1v) is 7.99. The van der Waals surface area contributed by atoms with Gasteiger partial charge in [0.05, 0.1) is 11.4 Å². The number of halogens is 2. The number of rotatable bonds is 5. The molecular weight excluding hydrogens is 304 g/mol. The Balaban J connectivity index is 1.86. The van der Waals surface area contributed by atoms with Gasteiger partial charge in [0.2, 0.25) is 5.91 Å². The SMILES string of the molecule is Cc1cc(C)cc(CSCC(=O)Nc2cc(F)ccc2F)c1. The minimum absolute atomic E-state index is 0.128. The Morgan fingerprint density at radius 1 is 1.09 bits per heavy atom. The molecule has 0 radical (unpaired) electrons. The van der Waals surface area contributed by atoms with Gasteiger partial charge in [0.15, 0.2) is 0 Å². The van der Waals surface area contributed by atoms with E-state index in [0.29, 0.717) is 5.75 Å². The zero-order chi connectivity index (χ0) is 16.1. The highest BCUT2D eigenvalue weighted by Gasteiger charge is 2.08. The van der Waals surface area contributed by atoms with E-state index in [-0.39, 0.29) is 17.3 Å². The molecule has 2 aromatic carbocycles. The molecule has 2 aromatic rings. The van der Waals surface area contributed by atoms with Crippen molar-refractivity contribution in [2.45, 2.75) is 19.6 Å². The predicted molar refractivity (Wildman–Crippen MR) is 87.1 cm³/mol. The number of aryl methyl sites for hydroxylation is 2. The third-order valence-electron chi connectivity index (χ3n) is 2.99. The van der Waals surface area contributed by atoms with E-state index in [0.717, 1.165) is 23.8 Å². The zero-order valence-electron chi connectivity index (χ0n) is 12.5. The lowest BCUT2D eigenvalue weighted by Gasteiger charge is -2.07. The van der Waals surface area contributed by atoms with Crippen LogP contribution in [0.2, 0.25) is 0 Å². The maximum absolute atomic E-state index is 13.4. The first-order valence-electron chi connectivity index (χ1n) is 6.84. The summed E-state index contributed by atoms with van der Waals surface area (Å²) >= 11 is 1.43. The average Bonchev–Trinajstić information content (AvgIpc) is 2.42. The van der Waals surface area contributed by atoms with Crippen LogP contribution in [0.1, 0.15) is 16.7 Å². The first-order chi connectivity index (χ1) is 10.4. The average molecular weight is 321 g/mol. The fraction of sp³-hybridized carbons (Fsp3) is 0.235. The summed E-state index contributed by atoms with van der Waals surface area (Å²) in [5.74, 6) is -0.697. The van der Waals surface area contributed by atoms with Crippen molar-refractivity contribution in [2.24, 2.45) is 0 Å². The highest BCUT2D eigenvalue weighted by atomic mass is 32.2. The van der Waals surface area contributed by atoms with E-state index >= 15 is 0 Å². The normalized spacial score (nSPS) is 10.5. The van der Waals surface area contributed by atoms with Gasteiger partial charge >= 0.3 is 0 Å². The van der Waals surface area contributed by atoms with E-state index in [1.807, 2.05) is 13.8 Å². The Hall–Kier alpha value is -1.88. The summed E-state index contributed by atoms with van der Waals surface area (Å²) in [4.78, 5) is 11.8. The lowest BCUT2D eigenvalue weighted by atomic mass is 10.1. The van der Waals surface area contributed by atoms with Gasteiger partial charge < -0.3 is 5.32 Å². The highest BCUT2D eigenvalue weighted by molar-refractivity contribution is 7.99. The van der Waals surface area contributed by atoms with Crippen molar-refractivity contribution in [3.8, 4) is 0 Å². The molecule has 0 saturated heterocycles. The summed E-state index contributed by atoms with van der Waals surface area (Å²) < 4.78 is 26.4. The number of nitrogens with one attached hydrogen (secondary N) is 1. The number of thioether (sulfide) groups is 1. The van der Waals surface area contributed by atoms with Crippen molar-refractivity contribution in [3.63, 3.8) is 0 Å².